The van der Waals surface area contributed by atoms with E-state index in [4.69, 9.17) is 21.1 Å². The maximum absolute atomic E-state index is 13.6. The molecule has 2 aromatic carbocycles. The molecule has 0 bridgehead atoms. The lowest BCUT2D eigenvalue weighted by Gasteiger charge is -2.25. The first-order valence-corrected chi connectivity index (χ1v) is 11.5. The van der Waals surface area contributed by atoms with Crippen molar-refractivity contribution in [1.29, 1.82) is 0 Å². The number of anilines is 1. The number of amides is 1. The number of hydrogen-bond donors (Lipinski definition) is 0. The number of aromatic nitrogens is 1. The van der Waals surface area contributed by atoms with Crippen molar-refractivity contribution in [3.05, 3.63) is 51.0 Å². The first-order valence-electron chi connectivity index (χ1n) is 10.3. The van der Waals surface area contributed by atoms with Crippen molar-refractivity contribution in [3.63, 3.8) is 0 Å². The summed E-state index contributed by atoms with van der Waals surface area (Å²) in [6.45, 7) is 6.63. The van der Waals surface area contributed by atoms with Gasteiger partial charge in [-0.1, -0.05) is 36.8 Å². The Bertz CT molecular complexity index is 1130. The van der Waals surface area contributed by atoms with E-state index >= 15 is 0 Å². The summed E-state index contributed by atoms with van der Waals surface area (Å²) in [4.78, 5) is 32.7. The Kier molecular flexibility index (Phi) is 9.87. The first kappa shape index (κ1) is 27.6. The molecule has 0 saturated carbocycles. The number of carbonyl (C=O) groups excluding carboxylic acids is 1. The highest BCUT2D eigenvalue weighted by molar-refractivity contribution is 7.22. The topological polar surface area (TPSA) is 98.0 Å². The summed E-state index contributed by atoms with van der Waals surface area (Å²) >= 11 is 7.57. The highest BCUT2D eigenvalue weighted by Gasteiger charge is 2.27. The van der Waals surface area contributed by atoms with Crippen LogP contribution < -0.4 is 14.4 Å². The van der Waals surface area contributed by atoms with Crippen molar-refractivity contribution in [2.75, 3.05) is 45.3 Å². The zero-order chi connectivity index (χ0) is 24.1. The molecule has 0 atom stereocenters. The van der Waals surface area contributed by atoms with Gasteiger partial charge in [-0.05, 0) is 31.3 Å². The fourth-order valence-electron chi connectivity index (χ4n) is 3.39. The summed E-state index contributed by atoms with van der Waals surface area (Å²) in [6, 6.07) is 7.36. The number of methoxy groups -OCH3 is 2. The average Bonchev–Trinajstić information content (AvgIpc) is 3.26. The number of likely N-dealkylation sites (N-methyl/N-ethyl adjacent to an activating group) is 1. The number of rotatable bonds is 10. The largest absolute Gasteiger partial charge is 0.495 e. The van der Waals surface area contributed by atoms with Crippen molar-refractivity contribution in [1.82, 2.24) is 9.88 Å². The molecule has 1 amide bonds. The van der Waals surface area contributed by atoms with Gasteiger partial charge in [-0.3, -0.25) is 19.8 Å². The Labute approximate surface area is 212 Å². The number of hydrogen-bond acceptors (Lipinski definition) is 8. The number of nitro benzene ring substituents is 1. The molecule has 3 aromatic rings. The van der Waals surface area contributed by atoms with Crippen LogP contribution in [0.1, 0.15) is 24.2 Å². The van der Waals surface area contributed by atoms with E-state index < -0.39 is 10.8 Å². The molecule has 0 aliphatic carbocycles. The lowest BCUT2D eigenvalue weighted by molar-refractivity contribution is -0.384. The number of nitrogens with zero attached hydrogens (tertiary/aromatic N) is 4. The zero-order valence-electron chi connectivity index (χ0n) is 19.2. The van der Waals surface area contributed by atoms with Gasteiger partial charge < -0.3 is 14.4 Å². The Morgan fingerprint density at radius 3 is 2.35 bits per heavy atom. The molecule has 184 valence electrons. The number of ether oxygens (including phenoxy) is 2. The van der Waals surface area contributed by atoms with E-state index in [9.17, 15) is 14.9 Å². The minimum absolute atomic E-state index is 0. The lowest BCUT2D eigenvalue weighted by Crippen LogP contribution is -2.39. The van der Waals surface area contributed by atoms with Crippen LogP contribution in [0, 0.1) is 10.1 Å². The predicted octanol–water partition coefficient (Wildman–Crippen LogP) is 5.29. The number of non-ortho nitro benzene ring substituents is 1. The van der Waals surface area contributed by atoms with E-state index in [1.54, 1.807) is 26.4 Å². The van der Waals surface area contributed by atoms with Gasteiger partial charge in [0.05, 0.1) is 29.7 Å². The molecule has 0 unspecified atom stereocenters. The van der Waals surface area contributed by atoms with Gasteiger partial charge in [0.1, 0.15) is 21.7 Å². The van der Waals surface area contributed by atoms with Gasteiger partial charge >= 0.3 is 0 Å². The van der Waals surface area contributed by atoms with E-state index in [0.717, 1.165) is 17.8 Å². The molecule has 0 radical (unpaired) electrons. The summed E-state index contributed by atoms with van der Waals surface area (Å²) < 4.78 is 11.6. The average molecular weight is 529 g/mol. The highest BCUT2D eigenvalue weighted by atomic mass is 35.5. The van der Waals surface area contributed by atoms with Crippen LogP contribution in [0.5, 0.6) is 11.5 Å². The van der Waals surface area contributed by atoms with Crippen molar-refractivity contribution in [2.24, 2.45) is 0 Å². The van der Waals surface area contributed by atoms with Crippen molar-refractivity contribution >= 4 is 62.3 Å². The van der Waals surface area contributed by atoms with Crippen molar-refractivity contribution in [3.8, 4) is 11.5 Å². The zero-order valence-corrected chi connectivity index (χ0v) is 21.6. The minimum Gasteiger partial charge on any atom is -0.495 e. The van der Waals surface area contributed by atoms with Crippen LogP contribution in [0.15, 0.2) is 30.3 Å². The number of fused-ring (bicyclic) bond motifs is 1. The normalized spacial score (nSPS) is 10.8. The summed E-state index contributed by atoms with van der Waals surface area (Å²) in [5.41, 5.74) is 0.408. The van der Waals surface area contributed by atoms with E-state index in [1.165, 1.54) is 34.4 Å². The Morgan fingerprint density at radius 2 is 1.76 bits per heavy atom. The number of benzene rings is 2. The number of carbonyl (C=O) groups is 1. The van der Waals surface area contributed by atoms with Gasteiger partial charge in [0.25, 0.3) is 11.6 Å². The molecule has 0 fully saturated rings. The summed E-state index contributed by atoms with van der Waals surface area (Å²) in [5, 5.41) is 11.8. The van der Waals surface area contributed by atoms with E-state index in [0.29, 0.717) is 35.2 Å². The highest BCUT2D eigenvalue weighted by Crippen LogP contribution is 2.40. The molecule has 1 heterocycles. The Hall–Kier alpha value is -2.66. The quantitative estimate of drug-likeness (QED) is 0.260. The SMILES string of the molecule is CCN(CC)CCN(C(=O)c1cc([N+](=O)[O-])ccc1Cl)c1nc2c(OC)ccc(OC)c2s1.Cl. The van der Waals surface area contributed by atoms with E-state index in [2.05, 4.69) is 9.88 Å². The van der Waals surface area contributed by atoms with Gasteiger partial charge in [0, 0.05) is 25.2 Å². The molecule has 0 aliphatic rings. The lowest BCUT2D eigenvalue weighted by atomic mass is 10.1. The molecule has 9 nitrogen and oxygen atoms in total. The van der Waals surface area contributed by atoms with Crippen LogP contribution >= 0.6 is 35.3 Å². The molecule has 34 heavy (non-hydrogen) atoms. The molecule has 0 N–H and O–H groups in total. The summed E-state index contributed by atoms with van der Waals surface area (Å²) in [6.07, 6.45) is 0. The van der Waals surface area contributed by atoms with Crippen LogP contribution in [-0.4, -0.2) is 61.1 Å². The van der Waals surface area contributed by atoms with E-state index in [-0.39, 0.29) is 28.7 Å². The maximum atomic E-state index is 13.6. The Balaban J connectivity index is 0.00000408. The second-order valence-electron chi connectivity index (χ2n) is 7.05. The molecule has 0 aliphatic heterocycles. The van der Waals surface area contributed by atoms with Crippen LogP contribution in [0.3, 0.4) is 0 Å². The third-order valence-corrected chi connectivity index (χ3v) is 6.72. The standard InChI is InChI=1S/C22H25ClN4O5S.ClH/c1-5-25(6-2)11-12-26(21(28)15-13-14(27(29)30)7-8-16(15)23)22-24-19-17(31-3)9-10-18(32-4)20(19)33-22;/h7-10,13H,5-6,11-12H2,1-4H3;1H. The maximum Gasteiger partial charge on any atom is 0.270 e. The first-order chi connectivity index (χ1) is 15.8. The third-order valence-electron chi connectivity index (χ3n) is 5.30. The van der Waals surface area contributed by atoms with Crippen molar-refractivity contribution in [2.45, 2.75) is 13.8 Å². The Morgan fingerprint density at radius 1 is 1.12 bits per heavy atom. The van der Waals surface area contributed by atoms with Gasteiger partial charge in [0.2, 0.25) is 0 Å². The number of nitro groups is 1. The third kappa shape index (κ3) is 5.69. The van der Waals surface area contributed by atoms with Gasteiger partial charge in [-0.15, -0.1) is 12.4 Å². The number of thiazole rings is 1. The second kappa shape index (κ2) is 12.2. The van der Waals surface area contributed by atoms with Crippen molar-refractivity contribution < 1.29 is 19.2 Å². The predicted molar refractivity (Wildman–Crippen MR) is 138 cm³/mol. The van der Waals surface area contributed by atoms with Crippen LogP contribution in [-0.2, 0) is 0 Å². The van der Waals surface area contributed by atoms with Gasteiger partial charge in [0.15, 0.2) is 5.13 Å². The molecular weight excluding hydrogens is 503 g/mol. The number of halogens is 2. The van der Waals surface area contributed by atoms with E-state index in [1.807, 2.05) is 13.8 Å². The molecular formula is C22H26Cl2N4O5S. The van der Waals surface area contributed by atoms with Gasteiger partial charge in [-0.2, -0.15) is 0 Å². The minimum atomic E-state index is -0.555. The summed E-state index contributed by atoms with van der Waals surface area (Å²) in [5.74, 6) is 0.699. The fourth-order valence-corrected chi connectivity index (χ4v) is 4.69. The smallest absolute Gasteiger partial charge is 0.270 e. The molecule has 3 rings (SSSR count). The van der Waals surface area contributed by atoms with Gasteiger partial charge in [-0.25, -0.2) is 4.98 Å². The fraction of sp³-hybridized carbons (Fsp3) is 0.364. The molecule has 12 heteroatoms. The van der Waals surface area contributed by atoms with Crippen LogP contribution in [0.4, 0.5) is 10.8 Å². The van der Waals surface area contributed by atoms with Crippen LogP contribution in [0.2, 0.25) is 5.02 Å². The molecule has 0 saturated heterocycles. The van der Waals surface area contributed by atoms with Crippen LogP contribution in [0.25, 0.3) is 10.2 Å². The molecule has 1 aromatic heterocycles. The molecule has 0 spiro atoms. The second-order valence-corrected chi connectivity index (χ2v) is 8.43. The summed E-state index contributed by atoms with van der Waals surface area (Å²) in [7, 11) is 3.11. The monoisotopic (exact) mass is 528 g/mol.